The molecule has 0 amide bonds. The number of aliphatic hydroxyl groups excluding tert-OH is 1. The van der Waals surface area contributed by atoms with Crippen molar-refractivity contribution in [2.75, 3.05) is 39.9 Å². The average Bonchev–Trinajstić information content (AvgIpc) is 2.83. The quantitative estimate of drug-likeness (QED) is 0.392. The smallest absolute Gasteiger partial charge is 0.382 e. The topological polar surface area (TPSA) is 57.1 Å². The van der Waals surface area contributed by atoms with Crippen molar-refractivity contribution in [2.45, 2.75) is 31.5 Å². The Bertz CT molecular complexity index is 387. The molecule has 2 rings (SSSR count). The van der Waals surface area contributed by atoms with E-state index in [-0.39, 0.29) is 29.4 Å². The van der Waals surface area contributed by atoms with Gasteiger partial charge < -0.3 is 20.1 Å². The SMILES string of the molecule is CN=C(NCC(O)C(F)(F)F)N1CCC2(CCOCC2)C1.I. The minimum Gasteiger partial charge on any atom is -0.382 e. The predicted molar refractivity (Wildman–Crippen MR) is 87.5 cm³/mol. The minimum atomic E-state index is -4.61. The molecule has 2 heterocycles. The van der Waals surface area contributed by atoms with Crippen LogP contribution in [0.1, 0.15) is 19.3 Å². The van der Waals surface area contributed by atoms with Crippen LogP contribution in [-0.2, 0) is 4.74 Å². The van der Waals surface area contributed by atoms with Gasteiger partial charge in [-0.05, 0) is 24.7 Å². The monoisotopic (exact) mass is 437 g/mol. The van der Waals surface area contributed by atoms with Crippen molar-refractivity contribution in [3.63, 3.8) is 0 Å². The molecule has 0 aliphatic carbocycles. The fourth-order valence-electron chi connectivity index (χ4n) is 2.96. The lowest BCUT2D eigenvalue weighted by molar-refractivity contribution is -0.201. The van der Waals surface area contributed by atoms with E-state index in [1.165, 1.54) is 7.05 Å². The van der Waals surface area contributed by atoms with E-state index in [0.29, 0.717) is 5.96 Å². The number of alkyl halides is 3. The number of ether oxygens (including phenoxy) is 1. The lowest BCUT2D eigenvalue weighted by atomic mass is 9.80. The molecular formula is C13H23F3IN3O2. The molecule has 1 spiro atoms. The summed E-state index contributed by atoms with van der Waals surface area (Å²) in [6.07, 6.45) is -4.04. The molecule has 0 aromatic rings. The van der Waals surface area contributed by atoms with Gasteiger partial charge in [0.2, 0.25) is 0 Å². The molecule has 0 saturated carbocycles. The van der Waals surface area contributed by atoms with E-state index in [1.807, 2.05) is 4.90 Å². The van der Waals surface area contributed by atoms with Crippen LogP contribution in [0.5, 0.6) is 0 Å². The maximum absolute atomic E-state index is 12.3. The highest BCUT2D eigenvalue weighted by atomic mass is 127. The van der Waals surface area contributed by atoms with Gasteiger partial charge in [0.25, 0.3) is 0 Å². The Morgan fingerprint density at radius 1 is 1.36 bits per heavy atom. The third-order valence-corrected chi connectivity index (χ3v) is 4.33. The number of hydrogen-bond acceptors (Lipinski definition) is 3. The van der Waals surface area contributed by atoms with E-state index in [9.17, 15) is 13.2 Å². The third kappa shape index (κ3) is 4.85. The second-order valence-electron chi connectivity index (χ2n) is 5.77. The highest BCUT2D eigenvalue weighted by molar-refractivity contribution is 14.0. The van der Waals surface area contributed by atoms with E-state index in [1.54, 1.807) is 0 Å². The second-order valence-corrected chi connectivity index (χ2v) is 5.77. The summed E-state index contributed by atoms with van der Waals surface area (Å²) in [5.74, 6) is 0.418. The van der Waals surface area contributed by atoms with Gasteiger partial charge in [0.15, 0.2) is 12.1 Å². The first-order valence-corrected chi connectivity index (χ1v) is 7.14. The van der Waals surface area contributed by atoms with Gasteiger partial charge in [-0.15, -0.1) is 24.0 Å². The predicted octanol–water partition coefficient (Wildman–Crippen LogP) is 1.61. The van der Waals surface area contributed by atoms with E-state index < -0.39 is 18.8 Å². The second kappa shape index (κ2) is 8.00. The highest BCUT2D eigenvalue weighted by Crippen LogP contribution is 2.39. The van der Waals surface area contributed by atoms with Crippen molar-refractivity contribution in [1.29, 1.82) is 0 Å². The maximum atomic E-state index is 12.3. The van der Waals surface area contributed by atoms with Gasteiger partial charge in [-0.25, -0.2) is 0 Å². The Hall–Kier alpha value is -0.290. The zero-order valence-corrected chi connectivity index (χ0v) is 14.9. The van der Waals surface area contributed by atoms with Gasteiger partial charge >= 0.3 is 6.18 Å². The summed E-state index contributed by atoms with van der Waals surface area (Å²) in [6, 6.07) is 0. The molecular weight excluding hydrogens is 414 g/mol. The lowest BCUT2D eigenvalue weighted by Gasteiger charge is -2.33. The molecule has 2 aliphatic rings. The third-order valence-electron chi connectivity index (χ3n) is 4.33. The van der Waals surface area contributed by atoms with Crippen molar-refractivity contribution in [3.05, 3.63) is 0 Å². The molecule has 2 aliphatic heterocycles. The van der Waals surface area contributed by atoms with Crippen molar-refractivity contribution >= 4 is 29.9 Å². The Balaban J connectivity index is 0.00000242. The van der Waals surface area contributed by atoms with Crippen molar-refractivity contribution in [3.8, 4) is 0 Å². The number of guanidine groups is 1. The largest absolute Gasteiger partial charge is 0.416 e. The molecule has 0 radical (unpaired) electrons. The molecule has 2 fully saturated rings. The summed E-state index contributed by atoms with van der Waals surface area (Å²) in [7, 11) is 1.54. The van der Waals surface area contributed by atoms with Crippen molar-refractivity contribution in [2.24, 2.45) is 10.4 Å². The number of aliphatic hydroxyl groups is 1. The zero-order chi connectivity index (χ0) is 15.5. The minimum absolute atomic E-state index is 0. The van der Waals surface area contributed by atoms with Gasteiger partial charge in [0, 0.05) is 33.4 Å². The standard InChI is InChI=1S/C13H22F3N3O2.HI/c1-17-11(18-8-10(20)13(14,15)16)19-5-2-12(9-19)3-6-21-7-4-12;/h10,20H,2-9H2,1H3,(H,17,18);1H. The van der Waals surface area contributed by atoms with Crippen LogP contribution in [0.2, 0.25) is 0 Å². The normalized spacial score (nSPS) is 23.3. The zero-order valence-electron chi connectivity index (χ0n) is 12.5. The summed E-state index contributed by atoms with van der Waals surface area (Å²) >= 11 is 0. The van der Waals surface area contributed by atoms with E-state index in [2.05, 4.69) is 10.3 Å². The van der Waals surface area contributed by atoms with Crippen LogP contribution in [0, 0.1) is 5.41 Å². The first-order chi connectivity index (χ1) is 9.86. The van der Waals surface area contributed by atoms with E-state index in [0.717, 1.165) is 45.6 Å². The molecule has 0 bridgehead atoms. The molecule has 5 nitrogen and oxygen atoms in total. The Morgan fingerprint density at radius 2 is 2.00 bits per heavy atom. The van der Waals surface area contributed by atoms with Crippen LogP contribution in [0.4, 0.5) is 13.2 Å². The first kappa shape index (κ1) is 19.8. The van der Waals surface area contributed by atoms with Crippen LogP contribution in [0.25, 0.3) is 0 Å². The van der Waals surface area contributed by atoms with Gasteiger partial charge in [-0.2, -0.15) is 13.2 Å². The summed E-state index contributed by atoms with van der Waals surface area (Å²) in [5, 5.41) is 11.7. The Kier molecular flexibility index (Phi) is 7.19. The molecule has 1 atom stereocenters. The highest BCUT2D eigenvalue weighted by Gasteiger charge is 2.41. The average molecular weight is 437 g/mol. The number of halogens is 4. The van der Waals surface area contributed by atoms with Gasteiger partial charge in [-0.3, -0.25) is 4.99 Å². The van der Waals surface area contributed by atoms with Crippen molar-refractivity contribution in [1.82, 2.24) is 10.2 Å². The number of rotatable bonds is 2. The van der Waals surface area contributed by atoms with Crippen LogP contribution in [-0.4, -0.2) is 68.1 Å². The van der Waals surface area contributed by atoms with E-state index in [4.69, 9.17) is 9.84 Å². The molecule has 0 aromatic carbocycles. The molecule has 0 aromatic heterocycles. The Labute approximate surface area is 145 Å². The number of nitrogens with zero attached hydrogens (tertiary/aromatic N) is 2. The number of aliphatic imine (C=N–C) groups is 1. The summed E-state index contributed by atoms with van der Waals surface area (Å²) < 4.78 is 42.3. The summed E-state index contributed by atoms with van der Waals surface area (Å²) in [4.78, 5) is 5.99. The Morgan fingerprint density at radius 3 is 2.55 bits per heavy atom. The van der Waals surface area contributed by atoms with Crippen molar-refractivity contribution < 1.29 is 23.0 Å². The molecule has 22 heavy (non-hydrogen) atoms. The molecule has 2 N–H and O–H groups in total. The maximum Gasteiger partial charge on any atom is 0.416 e. The van der Waals surface area contributed by atoms with E-state index >= 15 is 0 Å². The summed E-state index contributed by atoms with van der Waals surface area (Å²) in [6.45, 7) is 2.45. The molecule has 2 saturated heterocycles. The molecule has 1 unspecified atom stereocenters. The van der Waals surface area contributed by atoms with Gasteiger partial charge in [0.1, 0.15) is 0 Å². The summed E-state index contributed by atoms with van der Waals surface area (Å²) in [5.41, 5.74) is 0.193. The first-order valence-electron chi connectivity index (χ1n) is 7.14. The molecule has 130 valence electrons. The number of likely N-dealkylation sites (tertiary alicyclic amines) is 1. The number of hydrogen-bond donors (Lipinski definition) is 2. The molecule has 9 heteroatoms. The van der Waals surface area contributed by atoms with Crippen LogP contribution >= 0.6 is 24.0 Å². The lowest BCUT2D eigenvalue weighted by Crippen LogP contribution is -2.47. The van der Waals surface area contributed by atoms with Crippen LogP contribution in [0.3, 0.4) is 0 Å². The fraction of sp³-hybridized carbons (Fsp3) is 0.923. The number of nitrogens with one attached hydrogen (secondary N) is 1. The van der Waals surface area contributed by atoms with Gasteiger partial charge in [0.05, 0.1) is 6.54 Å². The van der Waals surface area contributed by atoms with Crippen LogP contribution < -0.4 is 5.32 Å². The van der Waals surface area contributed by atoms with Crippen LogP contribution in [0.15, 0.2) is 4.99 Å². The van der Waals surface area contributed by atoms with Gasteiger partial charge in [-0.1, -0.05) is 0 Å². The fourth-order valence-corrected chi connectivity index (χ4v) is 2.96.